The van der Waals surface area contributed by atoms with E-state index in [1.807, 2.05) is 0 Å². The Kier molecular flexibility index (Phi) is 4.76. The molecule has 0 fully saturated rings. The van der Waals surface area contributed by atoms with E-state index in [1.54, 1.807) is 19.1 Å². The number of ether oxygens (including phenoxy) is 2. The number of hydrogen-bond donors (Lipinski definition) is 1. The highest BCUT2D eigenvalue weighted by Gasteiger charge is 2.23. The zero-order valence-corrected chi connectivity index (χ0v) is 14.4. The Morgan fingerprint density at radius 1 is 1.26 bits per heavy atom. The summed E-state index contributed by atoms with van der Waals surface area (Å²) in [6.07, 6.45) is 1.42. The van der Waals surface area contributed by atoms with E-state index in [1.165, 1.54) is 24.4 Å². The van der Waals surface area contributed by atoms with Crippen molar-refractivity contribution in [2.45, 2.75) is 13.5 Å². The van der Waals surface area contributed by atoms with Crippen molar-refractivity contribution >= 4 is 22.6 Å². The lowest BCUT2D eigenvalue weighted by atomic mass is 10.1. The van der Waals surface area contributed by atoms with Crippen LogP contribution in [0.4, 0.5) is 14.5 Å². The SMILES string of the molecule is COC(=O)c1c(N)c2ccc(OC(F)F)cc2n(-c2ccc(C)nc2)c1=O. The number of halogens is 2. The van der Waals surface area contributed by atoms with Gasteiger partial charge in [-0.3, -0.25) is 14.3 Å². The van der Waals surface area contributed by atoms with Gasteiger partial charge in [0.1, 0.15) is 11.3 Å². The second kappa shape index (κ2) is 7.02. The van der Waals surface area contributed by atoms with Crippen LogP contribution in [0.5, 0.6) is 5.75 Å². The van der Waals surface area contributed by atoms with Crippen molar-refractivity contribution < 1.29 is 23.0 Å². The largest absolute Gasteiger partial charge is 0.465 e. The molecule has 1 aromatic carbocycles. The molecule has 0 atom stereocenters. The third kappa shape index (κ3) is 3.31. The monoisotopic (exact) mass is 375 g/mol. The van der Waals surface area contributed by atoms with E-state index >= 15 is 0 Å². The van der Waals surface area contributed by atoms with Crippen molar-refractivity contribution in [3.8, 4) is 11.4 Å². The van der Waals surface area contributed by atoms with Crippen LogP contribution >= 0.6 is 0 Å². The number of carbonyl (C=O) groups is 1. The summed E-state index contributed by atoms with van der Waals surface area (Å²) in [4.78, 5) is 29.2. The van der Waals surface area contributed by atoms with Crippen LogP contribution in [0, 0.1) is 6.92 Å². The molecule has 0 saturated heterocycles. The van der Waals surface area contributed by atoms with Gasteiger partial charge in [0.2, 0.25) is 0 Å². The van der Waals surface area contributed by atoms with Gasteiger partial charge in [0.05, 0.1) is 30.2 Å². The van der Waals surface area contributed by atoms with Crippen LogP contribution in [-0.4, -0.2) is 29.2 Å². The average molecular weight is 375 g/mol. The van der Waals surface area contributed by atoms with Crippen molar-refractivity contribution in [2.24, 2.45) is 0 Å². The highest BCUT2D eigenvalue weighted by molar-refractivity contribution is 6.04. The summed E-state index contributed by atoms with van der Waals surface area (Å²) in [5, 5.41) is 0.303. The molecule has 0 radical (unpaired) electrons. The highest BCUT2D eigenvalue weighted by Crippen LogP contribution is 2.29. The van der Waals surface area contributed by atoms with E-state index < -0.39 is 18.1 Å². The third-order valence-corrected chi connectivity index (χ3v) is 3.96. The Labute approximate surface area is 152 Å². The van der Waals surface area contributed by atoms with Gasteiger partial charge in [-0.15, -0.1) is 0 Å². The van der Waals surface area contributed by atoms with Gasteiger partial charge >= 0.3 is 12.6 Å². The third-order valence-electron chi connectivity index (χ3n) is 3.96. The predicted octanol–water partition coefficient (Wildman–Crippen LogP) is 2.66. The Hall–Kier alpha value is -3.49. The number of pyridine rings is 2. The quantitative estimate of drug-likeness (QED) is 0.705. The molecule has 9 heteroatoms. The number of hydrogen-bond acceptors (Lipinski definition) is 6. The standard InChI is InChI=1S/C18H15F2N3O4/c1-9-3-4-10(8-22-9)23-13-7-11(27-18(19)20)5-6-12(13)15(21)14(16(23)24)17(25)26-2/h3-8,18H,21H2,1-2H3. The molecule has 2 heterocycles. The van der Waals surface area contributed by atoms with Gasteiger partial charge in [-0.2, -0.15) is 8.78 Å². The smallest absolute Gasteiger partial charge is 0.387 e. The molecule has 0 saturated carbocycles. The highest BCUT2D eigenvalue weighted by atomic mass is 19.3. The molecule has 0 amide bonds. The first kappa shape index (κ1) is 18.3. The van der Waals surface area contributed by atoms with Crippen molar-refractivity contribution in [2.75, 3.05) is 12.8 Å². The molecule has 7 nitrogen and oxygen atoms in total. The lowest BCUT2D eigenvalue weighted by Gasteiger charge is -2.16. The minimum absolute atomic E-state index is 0.109. The molecule has 140 valence electrons. The minimum Gasteiger partial charge on any atom is -0.465 e. The second-order valence-corrected chi connectivity index (χ2v) is 5.64. The van der Waals surface area contributed by atoms with Crippen LogP contribution in [0.1, 0.15) is 16.1 Å². The van der Waals surface area contributed by atoms with Gasteiger partial charge in [0.25, 0.3) is 5.56 Å². The molecular formula is C18H15F2N3O4. The first-order chi connectivity index (χ1) is 12.8. The van der Waals surface area contributed by atoms with Gasteiger partial charge in [0, 0.05) is 17.1 Å². The van der Waals surface area contributed by atoms with E-state index in [4.69, 9.17) is 5.73 Å². The summed E-state index contributed by atoms with van der Waals surface area (Å²) < 4.78 is 35.4. The second-order valence-electron chi connectivity index (χ2n) is 5.64. The fraction of sp³-hybridized carbons (Fsp3) is 0.167. The first-order valence-electron chi connectivity index (χ1n) is 7.78. The van der Waals surface area contributed by atoms with E-state index in [0.29, 0.717) is 16.8 Å². The summed E-state index contributed by atoms with van der Waals surface area (Å²) in [7, 11) is 1.13. The first-order valence-corrected chi connectivity index (χ1v) is 7.78. The zero-order chi connectivity index (χ0) is 19.7. The van der Waals surface area contributed by atoms with Gasteiger partial charge < -0.3 is 15.2 Å². The van der Waals surface area contributed by atoms with Crippen molar-refractivity contribution in [1.82, 2.24) is 9.55 Å². The van der Waals surface area contributed by atoms with Crippen LogP contribution in [-0.2, 0) is 4.74 Å². The number of rotatable bonds is 4. The zero-order valence-electron chi connectivity index (χ0n) is 14.4. The maximum atomic E-state index is 13.0. The average Bonchev–Trinajstić information content (AvgIpc) is 2.62. The molecule has 3 aromatic rings. The Bertz CT molecular complexity index is 1080. The van der Waals surface area contributed by atoms with Crippen LogP contribution < -0.4 is 16.0 Å². The van der Waals surface area contributed by atoms with Gasteiger partial charge in [-0.05, 0) is 31.2 Å². The number of nitrogens with zero attached hydrogens (tertiary/aromatic N) is 2. The fourth-order valence-corrected chi connectivity index (χ4v) is 2.72. The molecule has 0 bridgehead atoms. The normalized spacial score (nSPS) is 11.0. The number of esters is 1. The minimum atomic E-state index is -3.03. The molecule has 0 aliphatic carbocycles. The molecule has 2 aromatic heterocycles. The summed E-state index contributed by atoms with van der Waals surface area (Å²) in [6, 6.07) is 7.20. The van der Waals surface area contributed by atoms with Gasteiger partial charge in [-0.25, -0.2) is 4.79 Å². The maximum Gasteiger partial charge on any atom is 0.387 e. The van der Waals surface area contributed by atoms with Crippen molar-refractivity contribution in [3.63, 3.8) is 0 Å². The number of aryl methyl sites for hydroxylation is 1. The number of nitrogens with two attached hydrogens (primary N) is 1. The number of aromatic nitrogens is 2. The lowest BCUT2D eigenvalue weighted by Crippen LogP contribution is -2.28. The number of fused-ring (bicyclic) bond motifs is 1. The molecule has 2 N–H and O–H groups in total. The number of benzene rings is 1. The summed E-state index contributed by atoms with van der Waals surface area (Å²) in [5.74, 6) is -1.06. The van der Waals surface area contributed by atoms with Crippen molar-refractivity contribution in [1.29, 1.82) is 0 Å². The molecule has 0 aliphatic heterocycles. The lowest BCUT2D eigenvalue weighted by molar-refractivity contribution is -0.0497. The molecular weight excluding hydrogens is 360 g/mol. The summed E-state index contributed by atoms with van der Waals surface area (Å²) >= 11 is 0. The van der Waals surface area contributed by atoms with E-state index in [0.717, 1.165) is 11.7 Å². The molecule has 0 unspecified atom stereocenters. The van der Waals surface area contributed by atoms with Crippen LogP contribution in [0.2, 0.25) is 0 Å². The van der Waals surface area contributed by atoms with Crippen molar-refractivity contribution in [3.05, 3.63) is 58.1 Å². The number of methoxy groups -OCH3 is 1. The topological polar surface area (TPSA) is 96.4 Å². The Balaban J connectivity index is 2.42. The molecule has 0 aliphatic rings. The van der Waals surface area contributed by atoms with Gasteiger partial charge in [0.15, 0.2) is 0 Å². The van der Waals surface area contributed by atoms with E-state index in [2.05, 4.69) is 14.5 Å². The number of anilines is 1. The number of nitrogen functional groups attached to an aromatic ring is 1. The predicted molar refractivity (Wildman–Crippen MR) is 94.5 cm³/mol. The summed E-state index contributed by atoms with van der Waals surface area (Å²) in [5.41, 5.74) is 6.01. The fourth-order valence-electron chi connectivity index (χ4n) is 2.72. The molecule has 0 spiro atoms. The van der Waals surface area contributed by atoms with Crippen LogP contribution in [0.15, 0.2) is 41.3 Å². The van der Waals surface area contributed by atoms with Gasteiger partial charge in [-0.1, -0.05) is 0 Å². The number of carbonyl (C=O) groups excluding carboxylic acids is 1. The Morgan fingerprint density at radius 2 is 2.00 bits per heavy atom. The Morgan fingerprint density at radius 3 is 2.59 bits per heavy atom. The summed E-state index contributed by atoms with van der Waals surface area (Å²) in [6.45, 7) is -1.27. The van der Waals surface area contributed by atoms with E-state index in [9.17, 15) is 18.4 Å². The molecule has 27 heavy (non-hydrogen) atoms. The molecule has 3 rings (SSSR count). The number of alkyl halides is 2. The van der Waals surface area contributed by atoms with E-state index in [-0.39, 0.29) is 22.5 Å². The maximum absolute atomic E-state index is 13.0. The van der Waals surface area contributed by atoms with Crippen LogP contribution in [0.3, 0.4) is 0 Å². The van der Waals surface area contributed by atoms with Crippen LogP contribution in [0.25, 0.3) is 16.6 Å².